The number of alkyl halides is 2. The zero-order chi connectivity index (χ0) is 13.8. The maximum absolute atomic E-state index is 13.7. The molecule has 0 bridgehead atoms. The summed E-state index contributed by atoms with van der Waals surface area (Å²) >= 11 is 0. The average molecular weight is 261 g/mol. The second-order valence-corrected chi connectivity index (χ2v) is 4.41. The maximum atomic E-state index is 13.7. The molecule has 1 unspecified atom stereocenters. The predicted octanol–water partition coefficient (Wildman–Crippen LogP) is 0.0926. The topological polar surface area (TPSA) is 79.7 Å². The molecular formula is C11H21F2N5. The number of halogens is 2. The molecule has 0 amide bonds. The highest BCUT2D eigenvalue weighted by Gasteiger charge is 2.38. The zero-order valence-corrected chi connectivity index (χ0v) is 10.8. The highest BCUT2D eigenvalue weighted by Crippen LogP contribution is 2.26. The molecule has 0 aromatic heterocycles. The number of amidine groups is 1. The van der Waals surface area contributed by atoms with Crippen LogP contribution in [0.5, 0.6) is 0 Å². The molecule has 5 N–H and O–H groups in total. The highest BCUT2D eigenvalue weighted by molar-refractivity contribution is 5.97. The quantitative estimate of drug-likeness (QED) is 0.486. The Morgan fingerprint density at radius 2 is 2.22 bits per heavy atom. The lowest BCUT2D eigenvalue weighted by Gasteiger charge is -2.28. The van der Waals surface area contributed by atoms with Gasteiger partial charge in [-0.2, -0.15) is 0 Å². The third-order valence-electron chi connectivity index (χ3n) is 2.94. The summed E-state index contributed by atoms with van der Waals surface area (Å²) in [5.41, 5.74) is 11.6. The number of hydrogen-bond donors (Lipinski definition) is 3. The van der Waals surface area contributed by atoms with Gasteiger partial charge in [0, 0.05) is 39.3 Å². The number of nitrogens with two attached hydrogens (primary N) is 2. The highest BCUT2D eigenvalue weighted by atomic mass is 19.3. The summed E-state index contributed by atoms with van der Waals surface area (Å²) in [6, 6.07) is -0.483. The van der Waals surface area contributed by atoms with Crippen LogP contribution < -0.4 is 16.8 Å². The van der Waals surface area contributed by atoms with Crippen LogP contribution in [0, 0.1) is 0 Å². The van der Waals surface area contributed by atoms with E-state index in [9.17, 15) is 8.78 Å². The van der Waals surface area contributed by atoms with Crippen LogP contribution in [0.15, 0.2) is 16.9 Å². The summed E-state index contributed by atoms with van der Waals surface area (Å²) in [6.07, 6.45) is 1.54. The van der Waals surface area contributed by atoms with Gasteiger partial charge in [-0.15, -0.1) is 0 Å². The van der Waals surface area contributed by atoms with Gasteiger partial charge in [0.2, 0.25) is 0 Å². The van der Waals surface area contributed by atoms with Gasteiger partial charge in [-0.3, -0.25) is 4.99 Å². The average Bonchev–Trinajstić information content (AvgIpc) is 2.43. The molecule has 1 aliphatic rings. The van der Waals surface area contributed by atoms with Crippen LogP contribution in [-0.4, -0.2) is 49.9 Å². The molecular weight excluding hydrogens is 240 g/mol. The number of nitrogens with one attached hydrogen (secondary N) is 1. The molecule has 1 saturated heterocycles. The summed E-state index contributed by atoms with van der Waals surface area (Å²) in [6.45, 7) is 0.0643. The molecule has 0 saturated carbocycles. The Kier molecular flexibility index (Phi) is 4.89. The first-order valence-corrected chi connectivity index (χ1v) is 5.88. The molecule has 7 heteroatoms. The SMILES string of the molecule is CN=C(/C(=C\N)NC)N1CCC(N)CC(F)(F)C1. The fourth-order valence-corrected chi connectivity index (χ4v) is 2.11. The Balaban J connectivity index is 2.93. The van der Waals surface area contributed by atoms with Crippen molar-refractivity contribution in [2.45, 2.75) is 24.8 Å². The normalized spacial score (nSPS) is 25.8. The summed E-state index contributed by atoms with van der Waals surface area (Å²) in [4.78, 5) is 5.57. The van der Waals surface area contributed by atoms with E-state index in [4.69, 9.17) is 11.5 Å². The van der Waals surface area contributed by atoms with Crippen molar-refractivity contribution in [1.29, 1.82) is 0 Å². The Labute approximate surface area is 106 Å². The fraction of sp³-hybridized carbons (Fsp3) is 0.727. The van der Waals surface area contributed by atoms with Crippen molar-refractivity contribution in [3.05, 3.63) is 11.9 Å². The number of nitrogens with zero attached hydrogens (tertiary/aromatic N) is 2. The fourth-order valence-electron chi connectivity index (χ4n) is 2.11. The Morgan fingerprint density at radius 3 is 2.72 bits per heavy atom. The van der Waals surface area contributed by atoms with Crippen molar-refractivity contribution >= 4 is 5.84 Å². The summed E-state index contributed by atoms with van der Waals surface area (Å²) in [7, 11) is 3.23. The van der Waals surface area contributed by atoms with E-state index in [1.54, 1.807) is 14.1 Å². The molecule has 0 aliphatic carbocycles. The van der Waals surface area contributed by atoms with Crippen molar-refractivity contribution in [3.63, 3.8) is 0 Å². The summed E-state index contributed by atoms with van der Waals surface area (Å²) in [5, 5.41) is 2.85. The van der Waals surface area contributed by atoms with E-state index in [2.05, 4.69) is 10.3 Å². The number of aliphatic imine (C=N–C) groups is 1. The van der Waals surface area contributed by atoms with Gasteiger partial charge in [0.05, 0.1) is 12.2 Å². The van der Waals surface area contributed by atoms with Gasteiger partial charge in [0.15, 0.2) is 0 Å². The van der Waals surface area contributed by atoms with Crippen LogP contribution in [-0.2, 0) is 0 Å². The van der Waals surface area contributed by atoms with Crippen LogP contribution in [0.4, 0.5) is 8.78 Å². The Morgan fingerprint density at radius 1 is 1.56 bits per heavy atom. The van der Waals surface area contributed by atoms with Gasteiger partial charge in [-0.25, -0.2) is 8.78 Å². The lowest BCUT2D eigenvalue weighted by atomic mass is 10.1. The molecule has 0 aromatic rings. The van der Waals surface area contributed by atoms with E-state index in [0.29, 0.717) is 24.5 Å². The van der Waals surface area contributed by atoms with Crippen LogP contribution in [0.25, 0.3) is 0 Å². The molecule has 18 heavy (non-hydrogen) atoms. The van der Waals surface area contributed by atoms with E-state index < -0.39 is 12.0 Å². The first kappa shape index (κ1) is 14.7. The summed E-state index contributed by atoms with van der Waals surface area (Å²) < 4.78 is 27.4. The molecule has 1 heterocycles. The molecule has 104 valence electrons. The van der Waals surface area contributed by atoms with Gasteiger partial charge in [-0.1, -0.05) is 0 Å². The monoisotopic (exact) mass is 261 g/mol. The van der Waals surface area contributed by atoms with E-state index in [-0.39, 0.29) is 13.0 Å². The van der Waals surface area contributed by atoms with Crippen LogP contribution in [0.3, 0.4) is 0 Å². The van der Waals surface area contributed by atoms with E-state index in [1.165, 1.54) is 11.1 Å². The zero-order valence-electron chi connectivity index (χ0n) is 10.8. The molecule has 1 fully saturated rings. The standard InChI is InChI=1S/C11H21F2N5/c1-16-9(6-14)10(17-2)18-4-3-8(15)5-11(12,13)7-18/h6,8,16H,3-5,7,14-15H2,1-2H3/b9-6+,17-10?. The predicted molar refractivity (Wildman–Crippen MR) is 68.4 cm³/mol. The van der Waals surface area contributed by atoms with Gasteiger partial charge < -0.3 is 21.7 Å². The Hall–Kier alpha value is -1.37. The van der Waals surface area contributed by atoms with Crippen LogP contribution >= 0.6 is 0 Å². The number of likely N-dealkylation sites (N-methyl/N-ethyl adjacent to an activating group) is 1. The maximum Gasteiger partial charge on any atom is 0.266 e. The minimum absolute atomic E-state index is 0.290. The smallest absolute Gasteiger partial charge is 0.266 e. The second kappa shape index (κ2) is 5.99. The van der Waals surface area contributed by atoms with E-state index in [1.807, 2.05) is 0 Å². The molecule has 5 nitrogen and oxygen atoms in total. The van der Waals surface area contributed by atoms with Gasteiger partial charge >= 0.3 is 0 Å². The lowest BCUT2D eigenvalue weighted by Crippen LogP contribution is -2.42. The Bertz CT molecular complexity index is 340. The van der Waals surface area contributed by atoms with Gasteiger partial charge in [0.25, 0.3) is 5.92 Å². The van der Waals surface area contributed by atoms with Crippen molar-refractivity contribution in [2.75, 3.05) is 27.2 Å². The first-order chi connectivity index (χ1) is 8.43. The molecule has 1 atom stereocenters. The van der Waals surface area contributed by atoms with Crippen molar-refractivity contribution in [3.8, 4) is 0 Å². The van der Waals surface area contributed by atoms with Crippen molar-refractivity contribution in [1.82, 2.24) is 10.2 Å². The number of rotatable bonds is 2. The molecule has 0 spiro atoms. The van der Waals surface area contributed by atoms with Crippen LogP contribution in [0.1, 0.15) is 12.8 Å². The largest absolute Gasteiger partial charge is 0.403 e. The van der Waals surface area contributed by atoms with E-state index in [0.717, 1.165) is 0 Å². The molecule has 0 radical (unpaired) electrons. The van der Waals surface area contributed by atoms with Crippen molar-refractivity contribution in [2.24, 2.45) is 16.5 Å². The third-order valence-corrected chi connectivity index (χ3v) is 2.94. The van der Waals surface area contributed by atoms with Crippen molar-refractivity contribution < 1.29 is 8.78 Å². The summed E-state index contributed by atoms with van der Waals surface area (Å²) in [5.74, 6) is -2.37. The minimum atomic E-state index is -2.81. The third kappa shape index (κ3) is 3.56. The van der Waals surface area contributed by atoms with Gasteiger partial charge in [0.1, 0.15) is 5.84 Å². The number of hydrogen-bond acceptors (Lipinski definition) is 4. The second-order valence-electron chi connectivity index (χ2n) is 4.41. The lowest BCUT2D eigenvalue weighted by molar-refractivity contribution is -0.0203. The first-order valence-electron chi connectivity index (χ1n) is 5.88. The molecule has 1 rings (SSSR count). The molecule has 0 aromatic carbocycles. The number of likely N-dealkylation sites (tertiary alicyclic amines) is 1. The van der Waals surface area contributed by atoms with Gasteiger partial charge in [-0.05, 0) is 6.42 Å². The van der Waals surface area contributed by atoms with Crippen LogP contribution in [0.2, 0.25) is 0 Å². The van der Waals surface area contributed by atoms with E-state index >= 15 is 0 Å². The molecule has 1 aliphatic heterocycles. The minimum Gasteiger partial charge on any atom is -0.403 e.